The lowest BCUT2D eigenvalue weighted by Crippen LogP contribution is -1.98. The summed E-state index contributed by atoms with van der Waals surface area (Å²) in [5.74, 6) is 0.633. The fraction of sp³-hybridized carbons (Fsp3) is 0.312. The lowest BCUT2D eigenvalue weighted by molar-refractivity contribution is 0.643. The first-order valence-electron chi connectivity index (χ1n) is 6.37. The van der Waals surface area contributed by atoms with Crippen LogP contribution < -0.4 is 0 Å². The van der Waals surface area contributed by atoms with Gasteiger partial charge in [-0.1, -0.05) is 44.2 Å². The van der Waals surface area contributed by atoms with Crippen LogP contribution in [0.15, 0.2) is 48.7 Å². The number of benzene rings is 1. The molecular formula is C16H19N. The second-order valence-electron chi connectivity index (χ2n) is 4.32. The summed E-state index contributed by atoms with van der Waals surface area (Å²) in [6, 6.07) is 14.7. The molecule has 0 radical (unpaired) electrons. The molecule has 1 aromatic heterocycles. The second kappa shape index (κ2) is 5.62. The maximum atomic E-state index is 4.46. The van der Waals surface area contributed by atoms with E-state index in [0.29, 0.717) is 5.92 Å². The Kier molecular flexibility index (Phi) is 3.92. The van der Waals surface area contributed by atoms with Gasteiger partial charge in [-0.15, -0.1) is 0 Å². The third-order valence-electron chi connectivity index (χ3n) is 3.33. The smallest absolute Gasteiger partial charge is 0.0704 e. The summed E-state index contributed by atoms with van der Waals surface area (Å²) in [6.07, 6.45) is 4.22. The van der Waals surface area contributed by atoms with Crippen LogP contribution in [0.3, 0.4) is 0 Å². The van der Waals surface area contributed by atoms with Crippen molar-refractivity contribution < 1.29 is 0 Å². The van der Waals surface area contributed by atoms with Crippen LogP contribution in [0.4, 0.5) is 0 Å². The number of pyridine rings is 1. The zero-order valence-corrected chi connectivity index (χ0v) is 10.6. The third-order valence-corrected chi connectivity index (χ3v) is 3.33. The van der Waals surface area contributed by atoms with Gasteiger partial charge in [-0.2, -0.15) is 0 Å². The Bertz CT molecular complexity index is 458. The molecule has 0 atom stereocenters. The van der Waals surface area contributed by atoms with Crippen LogP contribution in [0.1, 0.15) is 38.2 Å². The molecule has 0 amide bonds. The molecule has 0 N–H and O–H groups in total. The number of hydrogen-bond donors (Lipinski definition) is 0. The molecule has 0 saturated carbocycles. The van der Waals surface area contributed by atoms with Gasteiger partial charge in [-0.25, -0.2) is 0 Å². The Balaban J connectivity index is 2.48. The summed E-state index contributed by atoms with van der Waals surface area (Å²) in [6.45, 7) is 4.51. The largest absolute Gasteiger partial charge is 0.256 e. The molecule has 1 nitrogen and oxygen atoms in total. The number of rotatable bonds is 4. The lowest BCUT2D eigenvalue weighted by Gasteiger charge is -2.17. The second-order valence-corrected chi connectivity index (χ2v) is 4.32. The van der Waals surface area contributed by atoms with E-state index < -0.39 is 0 Å². The van der Waals surface area contributed by atoms with Gasteiger partial charge in [0.15, 0.2) is 0 Å². The van der Waals surface area contributed by atoms with E-state index >= 15 is 0 Å². The SMILES string of the molecule is CCC(CC)c1ccccc1-c1ccccn1. The van der Waals surface area contributed by atoms with E-state index in [0.717, 1.165) is 5.69 Å². The van der Waals surface area contributed by atoms with Crippen molar-refractivity contribution in [2.45, 2.75) is 32.6 Å². The summed E-state index contributed by atoms with van der Waals surface area (Å²) in [4.78, 5) is 4.46. The summed E-state index contributed by atoms with van der Waals surface area (Å²) in [7, 11) is 0. The molecule has 88 valence electrons. The number of nitrogens with zero attached hydrogens (tertiary/aromatic N) is 1. The molecule has 0 fully saturated rings. The number of aromatic nitrogens is 1. The van der Waals surface area contributed by atoms with E-state index in [1.54, 1.807) is 0 Å². The Labute approximate surface area is 104 Å². The fourth-order valence-electron chi connectivity index (χ4n) is 2.34. The molecule has 0 aliphatic carbocycles. The van der Waals surface area contributed by atoms with Crippen LogP contribution in [0.2, 0.25) is 0 Å². The van der Waals surface area contributed by atoms with Crippen LogP contribution in [-0.2, 0) is 0 Å². The average molecular weight is 225 g/mol. The third kappa shape index (κ3) is 2.55. The normalized spacial score (nSPS) is 10.8. The molecule has 1 heteroatoms. The highest BCUT2D eigenvalue weighted by molar-refractivity contribution is 5.64. The highest BCUT2D eigenvalue weighted by Crippen LogP contribution is 2.31. The lowest BCUT2D eigenvalue weighted by atomic mass is 9.89. The zero-order valence-electron chi connectivity index (χ0n) is 10.6. The van der Waals surface area contributed by atoms with E-state index in [2.05, 4.69) is 49.2 Å². The van der Waals surface area contributed by atoms with Crippen molar-refractivity contribution in [3.05, 3.63) is 54.2 Å². The molecule has 0 bridgehead atoms. The standard InChI is InChI=1S/C16H19N/c1-3-13(4-2)14-9-5-6-10-15(14)16-11-7-8-12-17-16/h5-13H,3-4H2,1-2H3. The summed E-state index contributed by atoms with van der Waals surface area (Å²) < 4.78 is 0. The summed E-state index contributed by atoms with van der Waals surface area (Å²) in [5, 5.41) is 0. The van der Waals surface area contributed by atoms with Crippen LogP contribution in [-0.4, -0.2) is 4.98 Å². The first-order chi connectivity index (χ1) is 8.36. The minimum absolute atomic E-state index is 0.633. The van der Waals surface area contributed by atoms with Crippen LogP contribution in [0.5, 0.6) is 0 Å². The molecule has 0 aliphatic heterocycles. The molecule has 0 spiro atoms. The molecule has 1 heterocycles. The van der Waals surface area contributed by atoms with Crippen molar-refractivity contribution in [1.29, 1.82) is 0 Å². The molecule has 0 unspecified atom stereocenters. The van der Waals surface area contributed by atoms with Gasteiger partial charge in [0.1, 0.15) is 0 Å². The molecule has 1 aromatic carbocycles. The van der Waals surface area contributed by atoms with Crippen molar-refractivity contribution in [3.63, 3.8) is 0 Å². The minimum Gasteiger partial charge on any atom is -0.256 e. The van der Waals surface area contributed by atoms with Crippen LogP contribution >= 0.6 is 0 Å². The van der Waals surface area contributed by atoms with Crippen molar-refractivity contribution in [3.8, 4) is 11.3 Å². The minimum atomic E-state index is 0.633. The molecule has 2 aromatic rings. The van der Waals surface area contributed by atoms with E-state index in [1.165, 1.54) is 24.0 Å². The first kappa shape index (κ1) is 11.8. The maximum absolute atomic E-state index is 4.46. The molecule has 0 aliphatic rings. The van der Waals surface area contributed by atoms with E-state index in [1.807, 2.05) is 18.3 Å². The predicted octanol–water partition coefficient (Wildman–Crippen LogP) is 4.65. The molecule has 0 saturated heterocycles. The van der Waals surface area contributed by atoms with E-state index in [9.17, 15) is 0 Å². The highest BCUT2D eigenvalue weighted by Gasteiger charge is 2.12. The fourth-order valence-corrected chi connectivity index (χ4v) is 2.34. The molecular weight excluding hydrogens is 206 g/mol. The summed E-state index contributed by atoms with van der Waals surface area (Å²) >= 11 is 0. The maximum Gasteiger partial charge on any atom is 0.0704 e. The van der Waals surface area contributed by atoms with Gasteiger partial charge in [0.05, 0.1) is 5.69 Å². The quantitative estimate of drug-likeness (QED) is 0.738. The Hall–Kier alpha value is -1.63. The van der Waals surface area contributed by atoms with Gasteiger partial charge in [0.2, 0.25) is 0 Å². The predicted molar refractivity (Wildman–Crippen MR) is 73.0 cm³/mol. The van der Waals surface area contributed by atoms with E-state index in [-0.39, 0.29) is 0 Å². The summed E-state index contributed by atoms with van der Waals surface area (Å²) in [5.41, 5.74) is 3.79. The van der Waals surface area contributed by atoms with Crippen molar-refractivity contribution in [2.75, 3.05) is 0 Å². The van der Waals surface area contributed by atoms with Gasteiger partial charge in [0.25, 0.3) is 0 Å². The van der Waals surface area contributed by atoms with Gasteiger partial charge in [-0.3, -0.25) is 4.98 Å². The van der Waals surface area contributed by atoms with Gasteiger partial charge < -0.3 is 0 Å². The van der Waals surface area contributed by atoms with E-state index in [4.69, 9.17) is 0 Å². The molecule has 2 rings (SSSR count). The molecule has 17 heavy (non-hydrogen) atoms. The van der Waals surface area contributed by atoms with Crippen LogP contribution in [0, 0.1) is 0 Å². The van der Waals surface area contributed by atoms with Crippen molar-refractivity contribution in [2.24, 2.45) is 0 Å². The van der Waals surface area contributed by atoms with Crippen LogP contribution in [0.25, 0.3) is 11.3 Å². The van der Waals surface area contributed by atoms with Gasteiger partial charge in [0, 0.05) is 11.8 Å². The Morgan fingerprint density at radius 2 is 1.65 bits per heavy atom. The average Bonchev–Trinajstić information content (AvgIpc) is 2.42. The van der Waals surface area contributed by atoms with Crippen molar-refractivity contribution in [1.82, 2.24) is 4.98 Å². The monoisotopic (exact) mass is 225 g/mol. The topological polar surface area (TPSA) is 12.9 Å². The van der Waals surface area contributed by atoms with Gasteiger partial charge >= 0.3 is 0 Å². The highest BCUT2D eigenvalue weighted by atomic mass is 14.7. The number of hydrogen-bond acceptors (Lipinski definition) is 1. The van der Waals surface area contributed by atoms with Gasteiger partial charge in [-0.05, 0) is 36.5 Å². The zero-order chi connectivity index (χ0) is 12.1. The van der Waals surface area contributed by atoms with Crippen molar-refractivity contribution >= 4 is 0 Å². The first-order valence-corrected chi connectivity index (χ1v) is 6.37. The Morgan fingerprint density at radius 1 is 0.941 bits per heavy atom. The Morgan fingerprint density at radius 3 is 2.29 bits per heavy atom.